The summed E-state index contributed by atoms with van der Waals surface area (Å²) in [4.78, 5) is 15.2. The fraction of sp³-hybridized carbons (Fsp3) is 0.100. The number of carbonyl (C=O) groups excluding carboxylic acids is 1. The highest BCUT2D eigenvalue weighted by molar-refractivity contribution is 6.10. The Labute approximate surface area is 214 Å². The van der Waals surface area contributed by atoms with Crippen molar-refractivity contribution in [2.24, 2.45) is 11.5 Å². The van der Waals surface area contributed by atoms with E-state index in [2.05, 4.69) is 47.4 Å². The summed E-state index contributed by atoms with van der Waals surface area (Å²) in [6.45, 7) is 0.546. The monoisotopic (exact) mass is 495 g/mol. The Balaban J connectivity index is 0.00000267. The van der Waals surface area contributed by atoms with E-state index in [0.717, 1.165) is 61.6 Å². The van der Waals surface area contributed by atoms with Crippen LogP contribution in [0.1, 0.15) is 27.2 Å². The van der Waals surface area contributed by atoms with Crippen molar-refractivity contribution in [2.45, 2.75) is 12.8 Å². The van der Waals surface area contributed by atoms with E-state index in [1.54, 1.807) is 6.07 Å². The third-order valence-corrected chi connectivity index (χ3v) is 6.70. The largest absolute Gasteiger partial charge is 0.455 e. The number of primary amides is 1. The number of nitrogens with one attached hydrogen (secondary N) is 1. The number of nitrogens with two attached hydrogens (primary N) is 2. The Morgan fingerprint density at radius 3 is 2.50 bits per heavy atom. The molecule has 0 aliphatic rings. The highest BCUT2D eigenvalue weighted by Gasteiger charge is 2.16. The predicted octanol–water partition coefficient (Wildman–Crippen LogP) is 6.35. The van der Waals surface area contributed by atoms with Crippen LogP contribution >= 0.6 is 12.4 Å². The number of hydrogen-bond donors (Lipinski definition) is 3. The molecule has 0 saturated heterocycles. The maximum Gasteiger partial charge on any atom is 0.248 e. The first-order valence-electron chi connectivity index (χ1n) is 11.8. The topological polar surface area (TPSA) is 98.0 Å². The summed E-state index contributed by atoms with van der Waals surface area (Å²) in [5.74, 6) is -0.421. The lowest BCUT2D eigenvalue weighted by Gasteiger charge is -2.07. The minimum absolute atomic E-state index is 0. The van der Waals surface area contributed by atoms with Crippen molar-refractivity contribution in [1.29, 1.82) is 0 Å². The van der Waals surface area contributed by atoms with Crippen LogP contribution in [0.4, 0.5) is 0 Å². The van der Waals surface area contributed by atoms with Gasteiger partial charge in [0.25, 0.3) is 0 Å². The Morgan fingerprint density at radius 2 is 1.67 bits per heavy atom. The van der Waals surface area contributed by atoms with Crippen LogP contribution in [-0.2, 0) is 12.8 Å². The van der Waals surface area contributed by atoms with Crippen LogP contribution in [0.5, 0.6) is 0 Å². The smallest absolute Gasteiger partial charge is 0.248 e. The highest BCUT2D eigenvalue weighted by atomic mass is 35.5. The second kappa shape index (κ2) is 9.53. The van der Waals surface area contributed by atoms with Gasteiger partial charge in [-0.05, 0) is 60.0 Å². The molecule has 5 N–H and O–H groups in total. The molecule has 6 heteroatoms. The summed E-state index contributed by atoms with van der Waals surface area (Å²) in [5, 5.41) is 3.39. The van der Waals surface area contributed by atoms with Gasteiger partial charge in [-0.25, -0.2) is 0 Å². The Morgan fingerprint density at radius 1 is 0.861 bits per heavy atom. The number of aromatic amines is 1. The average Bonchev–Trinajstić information content (AvgIpc) is 3.42. The van der Waals surface area contributed by atoms with Crippen LogP contribution in [0.15, 0.2) is 89.3 Å². The molecule has 2 aromatic heterocycles. The summed E-state index contributed by atoms with van der Waals surface area (Å²) in [6, 6.07) is 28.4. The van der Waals surface area contributed by atoms with E-state index in [1.807, 2.05) is 36.4 Å². The number of furan rings is 1. The van der Waals surface area contributed by atoms with Crippen molar-refractivity contribution in [2.75, 3.05) is 6.54 Å². The molecule has 0 fully saturated rings. The molecule has 2 heterocycles. The Bertz CT molecular complexity index is 1730. The van der Waals surface area contributed by atoms with Crippen LogP contribution in [0.25, 0.3) is 44.0 Å². The minimum atomic E-state index is -0.421. The number of amides is 1. The van der Waals surface area contributed by atoms with Gasteiger partial charge >= 0.3 is 0 Å². The SMILES string of the molecule is Cl.NCCc1c(Cc2cccc(C(N)=O)c2)[nH]c2ccc(-c3cccc4c3oc3ccccc34)cc12. The van der Waals surface area contributed by atoms with Gasteiger partial charge in [0.1, 0.15) is 11.2 Å². The summed E-state index contributed by atoms with van der Waals surface area (Å²) in [7, 11) is 0. The molecule has 0 spiro atoms. The first kappa shape index (κ1) is 23.7. The van der Waals surface area contributed by atoms with E-state index in [4.69, 9.17) is 15.9 Å². The van der Waals surface area contributed by atoms with Gasteiger partial charge < -0.3 is 20.9 Å². The van der Waals surface area contributed by atoms with Gasteiger partial charge in [0.15, 0.2) is 0 Å². The number of hydrogen-bond acceptors (Lipinski definition) is 3. The molecular weight excluding hydrogens is 470 g/mol. The standard InChI is InChI=1S/C30H25N3O2.ClH/c31-14-13-22-25-17-19(21-8-4-9-24-23-7-1-2-10-28(23)35-29(21)24)11-12-26(25)33-27(22)16-18-5-3-6-20(15-18)30(32)34;/h1-12,15,17,33H,13-14,16,31H2,(H2,32,34);1H. The summed E-state index contributed by atoms with van der Waals surface area (Å²) < 4.78 is 6.28. The quantitative estimate of drug-likeness (QED) is 0.251. The molecule has 36 heavy (non-hydrogen) atoms. The maximum atomic E-state index is 11.6. The van der Waals surface area contributed by atoms with E-state index in [-0.39, 0.29) is 12.4 Å². The number of halogens is 1. The summed E-state index contributed by atoms with van der Waals surface area (Å²) in [6.07, 6.45) is 1.42. The van der Waals surface area contributed by atoms with Crippen molar-refractivity contribution in [3.63, 3.8) is 0 Å². The van der Waals surface area contributed by atoms with Crippen LogP contribution in [0.3, 0.4) is 0 Å². The van der Waals surface area contributed by atoms with Gasteiger partial charge in [-0.2, -0.15) is 0 Å². The normalized spacial score (nSPS) is 11.2. The maximum absolute atomic E-state index is 11.6. The van der Waals surface area contributed by atoms with Gasteiger partial charge in [-0.15, -0.1) is 12.4 Å². The molecule has 0 aliphatic heterocycles. The van der Waals surface area contributed by atoms with Crippen LogP contribution < -0.4 is 11.5 Å². The number of carbonyl (C=O) groups is 1. The molecule has 180 valence electrons. The zero-order valence-electron chi connectivity index (χ0n) is 19.6. The molecule has 0 unspecified atom stereocenters. The third-order valence-electron chi connectivity index (χ3n) is 6.70. The number of H-pyrrole nitrogens is 1. The van der Waals surface area contributed by atoms with E-state index < -0.39 is 5.91 Å². The molecule has 4 aromatic carbocycles. The molecule has 0 radical (unpaired) electrons. The van der Waals surface area contributed by atoms with E-state index >= 15 is 0 Å². The molecule has 6 rings (SSSR count). The van der Waals surface area contributed by atoms with E-state index in [9.17, 15) is 4.79 Å². The van der Waals surface area contributed by atoms with E-state index in [0.29, 0.717) is 18.5 Å². The van der Waals surface area contributed by atoms with Crippen molar-refractivity contribution >= 4 is 51.2 Å². The molecule has 0 aliphatic carbocycles. The van der Waals surface area contributed by atoms with Crippen LogP contribution in [0, 0.1) is 0 Å². The number of fused-ring (bicyclic) bond motifs is 4. The fourth-order valence-corrected chi connectivity index (χ4v) is 5.06. The third kappa shape index (κ3) is 4.02. The predicted molar refractivity (Wildman–Crippen MR) is 149 cm³/mol. The number of rotatable bonds is 6. The first-order chi connectivity index (χ1) is 17.1. The summed E-state index contributed by atoms with van der Waals surface area (Å²) >= 11 is 0. The number of para-hydroxylation sites is 2. The molecule has 5 nitrogen and oxygen atoms in total. The Hall–Kier alpha value is -4.06. The zero-order valence-corrected chi connectivity index (χ0v) is 20.4. The zero-order chi connectivity index (χ0) is 23.9. The number of benzene rings is 4. The van der Waals surface area contributed by atoms with Crippen LogP contribution in [-0.4, -0.2) is 17.4 Å². The van der Waals surface area contributed by atoms with Gasteiger partial charge in [0, 0.05) is 44.9 Å². The lowest BCUT2D eigenvalue weighted by molar-refractivity contribution is 0.1000. The number of aromatic nitrogens is 1. The van der Waals surface area contributed by atoms with Crippen molar-refractivity contribution in [3.05, 3.63) is 107 Å². The lowest BCUT2D eigenvalue weighted by atomic mass is 9.97. The fourth-order valence-electron chi connectivity index (χ4n) is 5.06. The molecule has 6 aromatic rings. The second-order valence-corrected chi connectivity index (χ2v) is 8.90. The average molecular weight is 496 g/mol. The summed E-state index contributed by atoms with van der Waals surface area (Å²) in [5.41, 5.74) is 20.4. The van der Waals surface area contributed by atoms with Gasteiger partial charge in [0.2, 0.25) is 5.91 Å². The van der Waals surface area contributed by atoms with Gasteiger partial charge in [0.05, 0.1) is 0 Å². The Kier molecular flexibility index (Phi) is 6.27. The van der Waals surface area contributed by atoms with Crippen molar-refractivity contribution < 1.29 is 9.21 Å². The minimum Gasteiger partial charge on any atom is -0.455 e. The lowest BCUT2D eigenvalue weighted by Crippen LogP contribution is -2.11. The molecule has 1 amide bonds. The molecule has 0 saturated carbocycles. The van der Waals surface area contributed by atoms with Crippen LogP contribution in [0.2, 0.25) is 0 Å². The van der Waals surface area contributed by atoms with Crippen molar-refractivity contribution in [1.82, 2.24) is 4.98 Å². The second-order valence-electron chi connectivity index (χ2n) is 8.90. The van der Waals surface area contributed by atoms with Crippen molar-refractivity contribution in [3.8, 4) is 11.1 Å². The first-order valence-corrected chi connectivity index (χ1v) is 11.8. The van der Waals surface area contributed by atoms with Gasteiger partial charge in [-0.3, -0.25) is 4.79 Å². The van der Waals surface area contributed by atoms with Gasteiger partial charge in [-0.1, -0.05) is 54.6 Å². The van der Waals surface area contributed by atoms with E-state index in [1.165, 1.54) is 5.56 Å². The highest BCUT2D eigenvalue weighted by Crippen LogP contribution is 2.37. The molecular formula is C30H26ClN3O2. The molecule has 0 atom stereocenters. The molecule has 0 bridgehead atoms.